The zero-order valence-electron chi connectivity index (χ0n) is 16.8. The van der Waals surface area contributed by atoms with Crippen LogP contribution in [0.1, 0.15) is 35.4 Å². The molecule has 0 aliphatic heterocycles. The number of hydrogen-bond acceptors (Lipinski definition) is 2. The number of hydrogen-bond donors (Lipinski definition) is 2. The molecule has 2 aromatic rings. The van der Waals surface area contributed by atoms with Gasteiger partial charge in [-0.2, -0.15) is 13.2 Å². The van der Waals surface area contributed by atoms with Gasteiger partial charge in [0.05, 0.1) is 11.5 Å². The Hall–Kier alpha value is -2.03. The van der Waals surface area contributed by atoms with Crippen molar-refractivity contribution in [2.45, 2.75) is 35.8 Å². The van der Waals surface area contributed by atoms with Crippen LogP contribution >= 0.6 is 34.8 Å². The first-order valence-corrected chi connectivity index (χ1v) is 11.1. The van der Waals surface area contributed by atoms with Crippen molar-refractivity contribution >= 4 is 52.3 Å². The van der Waals surface area contributed by atoms with E-state index in [0.717, 1.165) is 18.9 Å². The molecule has 2 unspecified atom stereocenters. The Balaban J connectivity index is 1.48. The van der Waals surface area contributed by atoms with Gasteiger partial charge in [0.1, 0.15) is 10.2 Å². The summed E-state index contributed by atoms with van der Waals surface area (Å²) in [6.45, 7) is 0.175. The molecule has 0 bridgehead atoms. The maximum Gasteiger partial charge on any atom is 0.419 e. The average Bonchev–Trinajstić information content (AvgIpc) is 3.63. The van der Waals surface area contributed by atoms with Crippen molar-refractivity contribution in [2.24, 2.45) is 11.8 Å². The highest BCUT2D eigenvalue weighted by molar-refractivity contribution is 6.53. The van der Waals surface area contributed by atoms with Crippen molar-refractivity contribution < 1.29 is 27.2 Å². The van der Waals surface area contributed by atoms with Crippen LogP contribution < -0.4 is 10.6 Å². The van der Waals surface area contributed by atoms with E-state index in [-0.39, 0.29) is 23.9 Å². The molecule has 0 radical (unpaired) electrons. The standard InChI is InChI=1S/C22H17Cl3F4N2O2/c23-15-5-4-13(7-12(15)9-30-19(32)10-1-2-10)31-20(33)18-17(21(18,24)25)11-3-6-16(26)14(8-11)22(27,28)29/h3-8,10,17-18H,1-2,9H2,(H,30,32)(H,31,33). The van der Waals surface area contributed by atoms with Gasteiger partial charge in [-0.05, 0) is 54.3 Å². The highest BCUT2D eigenvalue weighted by atomic mass is 35.5. The highest BCUT2D eigenvalue weighted by Crippen LogP contribution is 2.65. The predicted molar refractivity (Wildman–Crippen MR) is 117 cm³/mol. The van der Waals surface area contributed by atoms with Crippen molar-refractivity contribution in [3.63, 3.8) is 0 Å². The van der Waals surface area contributed by atoms with E-state index >= 15 is 0 Å². The maximum atomic E-state index is 13.6. The molecule has 4 nitrogen and oxygen atoms in total. The lowest BCUT2D eigenvalue weighted by molar-refractivity contribution is -0.140. The number of carbonyl (C=O) groups is 2. The molecule has 2 aromatic carbocycles. The Labute approximate surface area is 201 Å². The molecule has 33 heavy (non-hydrogen) atoms. The molecule has 4 rings (SSSR count). The predicted octanol–water partition coefficient (Wildman–Crippen LogP) is 6.05. The van der Waals surface area contributed by atoms with Gasteiger partial charge in [-0.25, -0.2) is 4.39 Å². The normalized spacial score (nSPS) is 21.4. The van der Waals surface area contributed by atoms with E-state index in [9.17, 15) is 27.2 Å². The van der Waals surface area contributed by atoms with Crippen molar-refractivity contribution in [3.8, 4) is 0 Å². The number of benzene rings is 2. The lowest BCUT2D eigenvalue weighted by atomic mass is 10.0. The Morgan fingerprint density at radius 1 is 1.06 bits per heavy atom. The SMILES string of the molecule is O=C(NCc1cc(NC(=O)C2C(c3ccc(F)c(C(F)(F)F)c3)C2(Cl)Cl)ccc1Cl)C1CC1. The first kappa shape index (κ1) is 24.1. The fourth-order valence-electron chi connectivity index (χ4n) is 3.70. The van der Waals surface area contributed by atoms with Gasteiger partial charge in [0.25, 0.3) is 0 Å². The molecule has 11 heteroatoms. The number of amides is 2. The number of halogens is 7. The summed E-state index contributed by atoms with van der Waals surface area (Å²) in [5.74, 6) is -4.08. The minimum Gasteiger partial charge on any atom is -0.352 e. The summed E-state index contributed by atoms with van der Waals surface area (Å²) in [6.07, 6.45) is -3.19. The topological polar surface area (TPSA) is 58.2 Å². The Bertz CT molecular complexity index is 1120. The molecule has 0 saturated heterocycles. The third-order valence-corrected chi connectivity index (χ3v) is 7.01. The second-order valence-electron chi connectivity index (χ2n) is 8.15. The van der Waals surface area contributed by atoms with Crippen LogP contribution in [0.3, 0.4) is 0 Å². The number of rotatable bonds is 6. The van der Waals surface area contributed by atoms with Crippen molar-refractivity contribution in [1.29, 1.82) is 0 Å². The van der Waals surface area contributed by atoms with Crippen LogP contribution in [-0.2, 0) is 22.3 Å². The van der Waals surface area contributed by atoms with Crippen LogP contribution in [0, 0.1) is 17.7 Å². The van der Waals surface area contributed by atoms with Crippen LogP contribution in [0.2, 0.25) is 5.02 Å². The number of nitrogens with one attached hydrogen (secondary N) is 2. The number of alkyl halides is 5. The van der Waals surface area contributed by atoms with Crippen molar-refractivity contribution in [3.05, 3.63) is 63.9 Å². The third kappa shape index (κ3) is 5.08. The summed E-state index contributed by atoms with van der Waals surface area (Å²) in [7, 11) is 0. The zero-order valence-corrected chi connectivity index (χ0v) is 19.0. The van der Waals surface area contributed by atoms with Gasteiger partial charge in [-0.3, -0.25) is 9.59 Å². The van der Waals surface area contributed by atoms with Crippen molar-refractivity contribution in [2.75, 3.05) is 5.32 Å². The van der Waals surface area contributed by atoms with Gasteiger partial charge >= 0.3 is 6.18 Å². The molecular weight excluding hydrogens is 507 g/mol. The molecule has 2 saturated carbocycles. The fraction of sp³-hybridized carbons (Fsp3) is 0.364. The van der Waals surface area contributed by atoms with E-state index in [0.29, 0.717) is 28.4 Å². The monoisotopic (exact) mass is 522 g/mol. The van der Waals surface area contributed by atoms with Gasteiger partial charge in [-0.1, -0.05) is 17.7 Å². The van der Waals surface area contributed by atoms with E-state index in [2.05, 4.69) is 10.6 Å². The van der Waals surface area contributed by atoms with Crippen molar-refractivity contribution in [1.82, 2.24) is 5.32 Å². The average molecular weight is 524 g/mol. The summed E-state index contributed by atoms with van der Waals surface area (Å²) in [5, 5.41) is 5.80. The van der Waals surface area contributed by atoms with E-state index < -0.39 is 39.6 Å². The van der Waals surface area contributed by atoms with E-state index in [1.165, 1.54) is 6.07 Å². The van der Waals surface area contributed by atoms with Gasteiger partial charge in [0.2, 0.25) is 11.8 Å². The lowest BCUT2D eigenvalue weighted by Crippen LogP contribution is -2.24. The lowest BCUT2D eigenvalue weighted by Gasteiger charge is -2.11. The van der Waals surface area contributed by atoms with E-state index in [1.807, 2.05) is 0 Å². The summed E-state index contributed by atoms with van der Waals surface area (Å²) < 4.78 is 51.1. The van der Waals surface area contributed by atoms with E-state index in [1.54, 1.807) is 12.1 Å². The number of carbonyl (C=O) groups excluding carboxylic acids is 2. The summed E-state index contributed by atoms with van der Waals surface area (Å²) in [6, 6.07) is 7.09. The first-order chi connectivity index (χ1) is 15.4. The summed E-state index contributed by atoms with van der Waals surface area (Å²) in [5.41, 5.74) is -0.517. The molecule has 2 amide bonds. The minimum absolute atomic E-state index is 0.00783. The first-order valence-electron chi connectivity index (χ1n) is 10.0. The van der Waals surface area contributed by atoms with Gasteiger partial charge in [-0.15, -0.1) is 23.2 Å². The summed E-state index contributed by atoms with van der Waals surface area (Å²) in [4.78, 5) is 24.7. The molecule has 2 N–H and O–H groups in total. The molecule has 2 aliphatic rings. The molecule has 0 heterocycles. The Morgan fingerprint density at radius 3 is 2.39 bits per heavy atom. The smallest absolute Gasteiger partial charge is 0.352 e. The van der Waals surface area contributed by atoms with Crippen LogP contribution in [0.15, 0.2) is 36.4 Å². The molecule has 2 atom stereocenters. The van der Waals surface area contributed by atoms with Crippen LogP contribution in [0.4, 0.5) is 23.2 Å². The van der Waals surface area contributed by atoms with Crippen LogP contribution in [-0.4, -0.2) is 16.1 Å². The second kappa shape index (κ2) is 8.64. The summed E-state index contributed by atoms with van der Waals surface area (Å²) >= 11 is 18.6. The van der Waals surface area contributed by atoms with Crippen LogP contribution in [0.25, 0.3) is 0 Å². The van der Waals surface area contributed by atoms with Gasteiger partial charge in [0.15, 0.2) is 0 Å². The quantitative estimate of drug-likeness (QED) is 0.358. The largest absolute Gasteiger partial charge is 0.419 e. The molecule has 0 aromatic heterocycles. The zero-order chi connectivity index (χ0) is 24.1. The number of anilines is 1. The molecule has 0 spiro atoms. The molecule has 176 valence electrons. The molecule has 2 aliphatic carbocycles. The van der Waals surface area contributed by atoms with Gasteiger partial charge < -0.3 is 10.6 Å². The van der Waals surface area contributed by atoms with Gasteiger partial charge in [0, 0.05) is 29.1 Å². The third-order valence-electron chi connectivity index (χ3n) is 5.71. The molecule has 2 fully saturated rings. The Morgan fingerprint density at radius 2 is 1.76 bits per heavy atom. The minimum atomic E-state index is -4.90. The second-order valence-corrected chi connectivity index (χ2v) is 10.0. The maximum absolute atomic E-state index is 13.6. The van der Waals surface area contributed by atoms with E-state index in [4.69, 9.17) is 34.8 Å². The van der Waals surface area contributed by atoms with Crippen LogP contribution in [0.5, 0.6) is 0 Å². The highest BCUT2D eigenvalue weighted by Gasteiger charge is 2.67. The fourth-order valence-corrected chi connectivity index (χ4v) is 4.71. The molecular formula is C22H17Cl3F4N2O2. The Kier molecular flexibility index (Phi) is 6.31.